The van der Waals surface area contributed by atoms with Crippen LogP contribution in [0.5, 0.6) is 11.5 Å². The van der Waals surface area contributed by atoms with Crippen molar-refractivity contribution in [3.05, 3.63) is 22.7 Å². The molecule has 1 aliphatic carbocycles. The summed E-state index contributed by atoms with van der Waals surface area (Å²) in [7, 11) is 0. The van der Waals surface area contributed by atoms with E-state index >= 15 is 0 Å². The van der Waals surface area contributed by atoms with Gasteiger partial charge in [-0.05, 0) is 43.0 Å². The van der Waals surface area contributed by atoms with E-state index in [1.165, 1.54) is 12.8 Å². The molecule has 0 bridgehead atoms. The zero-order chi connectivity index (χ0) is 14.8. The van der Waals surface area contributed by atoms with E-state index < -0.39 is 11.9 Å². The quantitative estimate of drug-likeness (QED) is 0.872. The second-order valence-electron chi connectivity index (χ2n) is 5.57. The van der Waals surface area contributed by atoms with Gasteiger partial charge in [0.25, 0.3) is 0 Å². The lowest BCUT2D eigenvalue weighted by atomic mass is 10.1. The van der Waals surface area contributed by atoms with Crippen LogP contribution in [0.3, 0.4) is 0 Å². The first kappa shape index (κ1) is 14.5. The molecule has 5 nitrogen and oxygen atoms in total. The van der Waals surface area contributed by atoms with Crippen LogP contribution in [0.1, 0.15) is 30.9 Å². The summed E-state index contributed by atoms with van der Waals surface area (Å²) in [6.07, 6.45) is 3.22. The summed E-state index contributed by atoms with van der Waals surface area (Å²) in [5.74, 6) is 1.36. The molecule has 1 aliphatic heterocycles. The summed E-state index contributed by atoms with van der Waals surface area (Å²) >= 11 is 6.26. The Hall–Kier alpha value is -1.46. The second kappa shape index (κ2) is 6.12. The van der Waals surface area contributed by atoms with Crippen LogP contribution in [0, 0.1) is 5.92 Å². The fourth-order valence-corrected chi connectivity index (χ4v) is 2.68. The van der Waals surface area contributed by atoms with Crippen LogP contribution in [0.15, 0.2) is 12.1 Å². The monoisotopic (exact) mass is 310 g/mol. The van der Waals surface area contributed by atoms with Crippen molar-refractivity contribution in [2.45, 2.75) is 25.3 Å². The highest BCUT2D eigenvalue weighted by Crippen LogP contribution is 2.39. The van der Waals surface area contributed by atoms with Crippen molar-refractivity contribution in [2.75, 3.05) is 19.8 Å². The lowest BCUT2D eigenvalue weighted by molar-refractivity contribution is -0.120. The molecule has 2 aliphatic rings. The SMILES string of the molecule is NC(=O)C(NCC1CC1)c1cc(Cl)c2c(c1)OCCCO2. The van der Waals surface area contributed by atoms with Gasteiger partial charge < -0.3 is 20.5 Å². The number of amides is 1. The summed E-state index contributed by atoms with van der Waals surface area (Å²) in [6, 6.07) is 2.96. The van der Waals surface area contributed by atoms with Crippen LogP contribution in [-0.2, 0) is 4.79 Å². The third kappa shape index (κ3) is 3.41. The molecule has 3 N–H and O–H groups in total. The summed E-state index contributed by atoms with van der Waals surface area (Å²) in [5, 5.41) is 3.67. The van der Waals surface area contributed by atoms with Gasteiger partial charge in [0.2, 0.25) is 5.91 Å². The van der Waals surface area contributed by atoms with Crippen molar-refractivity contribution in [3.8, 4) is 11.5 Å². The average Bonchev–Trinajstić information content (AvgIpc) is 3.24. The number of nitrogens with one attached hydrogen (secondary N) is 1. The van der Waals surface area contributed by atoms with E-state index in [0.717, 1.165) is 18.5 Å². The van der Waals surface area contributed by atoms with Crippen LogP contribution in [0.25, 0.3) is 0 Å². The molecule has 0 saturated heterocycles. The van der Waals surface area contributed by atoms with Gasteiger partial charge >= 0.3 is 0 Å². The zero-order valence-corrected chi connectivity index (χ0v) is 12.5. The number of nitrogens with two attached hydrogens (primary N) is 1. The highest BCUT2D eigenvalue weighted by atomic mass is 35.5. The van der Waals surface area contributed by atoms with Crippen LogP contribution < -0.4 is 20.5 Å². The Morgan fingerprint density at radius 2 is 2.14 bits per heavy atom. The first-order valence-corrected chi connectivity index (χ1v) is 7.64. The van der Waals surface area contributed by atoms with Gasteiger partial charge in [0.15, 0.2) is 11.5 Å². The van der Waals surface area contributed by atoms with Crippen molar-refractivity contribution >= 4 is 17.5 Å². The number of fused-ring (bicyclic) bond motifs is 1. The first-order valence-electron chi connectivity index (χ1n) is 7.27. The summed E-state index contributed by atoms with van der Waals surface area (Å²) in [5.41, 5.74) is 6.24. The predicted octanol–water partition coefficient (Wildman–Crippen LogP) is 2.03. The molecule has 0 aromatic heterocycles. The van der Waals surface area contributed by atoms with Gasteiger partial charge in [0, 0.05) is 6.42 Å². The molecule has 3 rings (SSSR count). The molecule has 1 unspecified atom stereocenters. The number of benzene rings is 1. The average molecular weight is 311 g/mol. The fraction of sp³-hybridized carbons (Fsp3) is 0.533. The maximum Gasteiger partial charge on any atom is 0.239 e. The van der Waals surface area contributed by atoms with Crippen molar-refractivity contribution in [1.29, 1.82) is 0 Å². The maximum atomic E-state index is 11.7. The Bertz CT molecular complexity index is 546. The van der Waals surface area contributed by atoms with Gasteiger partial charge in [-0.25, -0.2) is 0 Å². The lowest BCUT2D eigenvalue weighted by Crippen LogP contribution is -2.34. The molecular weight excluding hydrogens is 292 g/mol. The number of primary amides is 1. The normalized spacial score (nSPS) is 18.9. The van der Waals surface area contributed by atoms with Gasteiger partial charge in [-0.1, -0.05) is 11.6 Å². The molecular formula is C15H19ClN2O3. The summed E-state index contributed by atoms with van der Waals surface area (Å²) in [6.45, 7) is 1.94. The minimum absolute atomic E-state index is 0.416. The fourth-order valence-electron chi connectivity index (χ4n) is 2.41. The van der Waals surface area contributed by atoms with E-state index in [1.54, 1.807) is 12.1 Å². The van der Waals surface area contributed by atoms with E-state index in [4.69, 9.17) is 26.8 Å². The third-order valence-corrected chi connectivity index (χ3v) is 4.03. The van der Waals surface area contributed by atoms with Crippen LogP contribution in [0.2, 0.25) is 5.02 Å². The van der Waals surface area contributed by atoms with Crippen molar-refractivity contribution in [1.82, 2.24) is 5.32 Å². The molecule has 1 aromatic rings. The maximum absolute atomic E-state index is 11.7. The standard InChI is InChI=1S/C15H19ClN2O3/c16-11-6-10(7-12-14(11)21-5-1-4-20-12)13(15(17)19)18-8-9-2-3-9/h6-7,9,13,18H,1-5,8H2,(H2,17,19). The summed E-state index contributed by atoms with van der Waals surface area (Å²) in [4.78, 5) is 11.7. The van der Waals surface area contributed by atoms with Crippen molar-refractivity contribution in [2.24, 2.45) is 11.7 Å². The van der Waals surface area contributed by atoms with Gasteiger partial charge in [-0.15, -0.1) is 0 Å². The van der Waals surface area contributed by atoms with Crippen LogP contribution >= 0.6 is 11.6 Å². The molecule has 1 heterocycles. The Balaban J connectivity index is 1.86. The number of ether oxygens (including phenoxy) is 2. The van der Waals surface area contributed by atoms with Gasteiger partial charge in [0.05, 0.1) is 18.2 Å². The van der Waals surface area contributed by atoms with Gasteiger partial charge in [-0.2, -0.15) is 0 Å². The van der Waals surface area contributed by atoms with E-state index in [-0.39, 0.29) is 0 Å². The van der Waals surface area contributed by atoms with E-state index in [9.17, 15) is 4.79 Å². The number of hydrogen-bond acceptors (Lipinski definition) is 4. The Morgan fingerprint density at radius 3 is 2.86 bits per heavy atom. The smallest absolute Gasteiger partial charge is 0.239 e. The predicted molar refractivity (Wildman–Crippen MR) is 79.7 cm³/mol. The molecule has 1 atom stereocenters. The molecule has 0 radical (unpaired) electrons. The highest BCUT2D eigenvalue weighted by molar-refractivity contribution is 6.32. The minimum Gasteiger partial charge on any atom is -0.489 e. The number of hydrogen-bond donors (Lipinski definition) is 2. The largest absolute Gasteiger partial charge is 0.489 e. The Morgan fingerprint density at radius 1 is 1.38 bits per heavy atom. The molecule has 0 spiro atoms. The molecule has 114 valence electrons. The molecule has 1 fully saturated rings. The third-order valence-electron chi connectivity index (χ3n) is 3.75. The number of carbonyl (C=O) groups excluding carboxylic acids is 1. The lowest BCUT2D eigenvalue weighted by Gasteiger charge is -2.18. The van der Waals surface area contributed by atoms with Crippen LogP contribution in [-0.4, -0.2) is 25.7 Å². The molecule has 1 amide bonds. The van der Waals surface area contributed by atoms with Gasteiger partial charge in [-0.3, -0.25) is 4.79 Å². The Kier molecular flexibility index (Phi) is 4.22. The zero-order valence-electron chi connectivity index (χ0n) is 11.7. The number of halogens is 1. The van der Waals surface area contributed by atoms with Crippen molar-refractivity contribution in [3.63, 3.8) is 0 Å². The van der Waals surface area contributed by atoms with E-state index in [1.807, 2.05) is 0 Å². The summed E-state index contributed by atoms with van der Waals surface area (Å²) < 4.78 is 11.2. The molecule has 1 aromatic carbocycles. The molecule has 1 saturated carbocycles. The Labute approximate surface area is 128 Å². The minimum atomic E-state index is -0.555. The highest BCUT2D eigenvalue weighted by Gasteiger charge is 2.26. The number of rotatable bonds is 5. The van der Waals surface area contributed by atoms with Crippen LogP contribution in [0.4, 0.5) is 0 Å². The van der Waals surface area contributed by atoms with E-state index in [2.05, 4.69) is 5.32 Å². The van der Waals surface area contributed by atoms with Gasteiger partial charge in [0.1, 0.15) is 6.04 Å². The topological polar surface area (TPSA) is 73.6 Å². The number of carbonyl (C=O) groups is 1. The second-order valence-corrected chi connectivity index (χ2v) is 5.97. The molecule has 21 heavy (non-hydrogen) atoms. The van der Waals surface area contributed by atoms with E-state index in [0.29, 0.717) is 35.7 Å². The molecule has 6 heteroatoms. The van der Waals surface area contributed by atoms with Crippen molar-refractivity contribution < 1.29 is 14.3 Å². The first-order chi connectivity index (χ1) is 10.1.